The van der Waals surface area contributed by atoms with Crippen LogP contribution in [-0.4, -0.2) is 35.4 Å². The van der Waals surface area contributed by atoms with Crippen molar-refractivity contribution in [3.63, 3.8) is 0 Å². The molecule has 1 aromatic heterocycles. The normalized spacial score (nSPS) is 10.2. The van der Waals surface area contributed by atoms with E-state index in [4.69, 9.17) is 15.2 Å². The number of urea groups is 1. The Morgan fingerprint density at radius 1 is 1.30 bits per heavy atom. The Morgan fingerprint density at radius 3 is 2.50 bits per heavy atom. The number of ether oxygens (including phenoxy) is 2. The molecule has 0 aliphatic carbocycles. The van der Waals surface area contributed by atoms with Crippen molar-refractivity contribution in [3.05, 3.63) is 24.0 Å². The van der Waals surface area contributed by atoms with Gasteiger partial charge in [0.15, 0.2) is 11.5 Å². The van der Waals surface area contributed by atoms with Crippen molar-refractivity contribution >= 4 is 17.7 Å². The maximum absolute atomic E-state index is 11.6. The van der Waals surface area contributed by atoms with E-state index in [9.17, 15) is 4.79 Å². The molecule has 0 saturated heterocycles. The van der Waals surface area contributed by atoms with Gasteiger partial charge in [0.25, 0.3) is 5.95 Å². The minimum atomic E-state index is -0.698. The van der Waals surface area contributed by atoms with Gasteiger partial charge in [-0.25, -0.2) is 9.69 Å². The van der Waals surface area contributed by atoms with Crippen LogP contribution in [0.15, 0.2) is 18.2 Å². The second-order valence-corrected chi connectivity index (χ2v) is 3.93. The summed E-state index contributed by atoms with van der Waals surface area (Å²) in [6.07, 6.45) is 0. The van der Waals surface area contributed by atoms with Gasteiger partial charge >= 0.3 is 6.03 Å². The van der Waals surface area contributed by atoms with Gasteiger partial charge in [-0.2, -0.15) is 4.98 Å². The number of primary amides is 1. The second-order valence-electron chi connectivity index (χ2n) is 3.93. The predicted octanol–water partition coefficient (Wildman–Crippen LogP) is 1.35. The molecule has 3 N–H and O–H groups in total. The maximum Gasteiger partial charge on any atom is 0.326 e. The average molecular weight is 277 g/mol. The van der Waals surface area contributed by atoms with Crippen LogP contribution in [0.2, 0.25) is 0 Å². The van der Waals surface area contributed by atoms with Crippen LogP contribution in [0, 0.1) is 6.92 Å². The van der Waals surface area contributed by atoms with Gasteiger partial charge in [0.05, 0.1) is 19.9 Å². The minimum absolute atomic E-state index is 0.169. The molecule has 0 spiro atoms. The number of nitrogens with two attached hydrogens (primary N) is 1. The Morgan fingerprint density at radius 2 is 2.00 bits per heavy atom. The number of hydrogen-bond acceptors (Lipinski definition) is 5. The highest BCUT2D eigenvalue weighted by atomic mass is 16.5. The maximum atomic E-state index is 11.6. The van der Waals surface area contributed by atoms with Crippen LogP contribution in [0.3, 0.4) is 0 Å². The van der Waals surface area contributed by atoms with E-state index in [1.165, 1.54) is 19.1 Å². The summed E-state index contributed by atoms with van der Waals surface area (Å²) in [4.78, 5) is 16.9. The van der Waals surface area contributed by atoms with Crippen molar-refractivity contribution in [2.45, 2.75) is 6.92 Å². The number of nitrogens with zero attached hydrogens (tertiary/aromatic N) is 3. The van der Waals surface area contributed by atoms with Crippen molar-refractivity contribution in [2.24, 2.45) is 5.73 Å². The lowest BCUT2D eigenvalue weighted by Crippen LogP contribution is -2.32. The average Bonchev–Trinajstić information content (AvgIpc) is 2.84. The van der Waals surface area contributed by atoms with E-state index in [-0.39, 0.29) is 5.95 Å². The lowest BCUT2D eigenvalue weighted by molar-refractivity contribution is 0.256. The van der Waals surface area contributed by atoms with Crippen LogP contribution >= 0.6 is 0 Å². The Balaban J connectivity index is 2.47. The molecule has 2 aromatic rings. The summed E-state index contributed by atoms with van der Waals surface area (Å²) in [6.45, 7) is 1.73. The van der Waals surface area contributed by atoms with Crippen LogP contribution < -0.4 is 20.1 Å². The number of nitrogens with one attached hydrogen (secondary N) is 1. The molecule has 0 aliphatic rings. The molecule has 0 saturated carbocycles. The molecular weight excluding hydrogens is 262 g/mol. The van der Waals surface area contributed by atoms with Gasteiger partial charge in [-0.05, 0) is 19.1 Å². The van der Waals surface area contributed by atoms with E-state index in [1.807, 2.05) is 0 Å². The highest BCUT2D eigenvalue weighted by Gasteiger charge is 2.20. The molecule has 0 atom stereocenters. The Bertz CT molecular complexity index is 625. The summed E-state index contributed by atoms with van der Waals surface area (Å²) in [7, 11) is 3.04. The van der Waals surface area contributed by atoms with E-state index in [0.29, 0.717) is 23.0 Å². The van der Waals surface area contributed by atoms with Gasteiger partial charge in [0, 0.05) is 6.07 Å². The molecule has 1 heterocycles. The molecular formula is C12H15N5O3. The molecule has 2 amide bonds. The zero-order chi connectivity index (χ0) is 14.7. The fourth-order valence-electron chi connectivity index (χ4n) is 1.74. The number of hydrogen-bond donors (Lipinski definition) is 2. The van der Waals surface area contributed by atoms with Gasteiger partial charge in [-0.1, -0.05) is 0 Å². The summed E-state index contributed by atoms with van der Waals surface area (Å²) in [6, 6.07) is 4.26. The highest BCUT2D eigenvalue weighted by molar-refractivity contribution is 5.96. The number of aromatic amines is 1. The third-order valence-corrected chi connectivity index (χ3v) is 2.63. The number of aryl methyl sites for hydroxylation is 1. The number of anilines is 2. The van der Waals surface area contributed by atoms with Crippen molar-refractivity contribution in [2.75, 3.05) is 19.1 Å². The van der Waals surface area contributed by atoms with Gasteiger partial charge < -0.3 is 15.2 Å². The third-order valence-electron chi connectivity index (χ3n) is 2.63. The number of methoxy groups -OCH3 is 2. The summed E-state index contributed by atoms with van der Waals surface area (Å²) < 4.78 is 10.3. The first-order valence-electron chi connectivity index (χ1n) is 5.77. The number of amides is 2. The third kappa shape index (κ3) is 2.48. The molecule has 106 valence electrons. The minimum Gasteiger partial charge on any atom is -0.493 e. The van der Waals surface area contributed by atoms with Gasteiger partial charge in [0.2, 0.25) is 0 Å². The van der Waals surface area contributed by atoms with Gasteiger partial charge in [-0.3, -0.25) is 5.10 Å². The molecule has 0 fully saturated rings. The van der Waals surface area contributed by atoms with E-state index in [1.54, 1.807) is 25.1 Å². The summed E-state index contributed by atoms with van der Waals surface area (Å²) in [5.41, 5.74) is 5.87. The Labute approximate surface area is 115 Å². The molecule has 2 rings (SSSR count). The number of benzene rings is 1. The molecule has 8 heteroatoms. The topological polar surface area (TPSA) is 106 Å². The molecule has 0 aliphatic heterocycles. The van der Waals surface area contributed by atoms with Crippen molar-refractivity contribution in [1.29, 1.82) is 0 Å². The lowest BCUT2D eigenvalue weighted by Gasteiger charge is -2.18. The molecule has 1 aromatic carbocycles. The number of H-pyrrole nitrogens is 1. The summed E-state index contributed by atoms with van der Waals surface area (Å²) in [5.74, 6) is 1.77. The van der Waals surface area contributed by atoms with E-state index in [0.717, 1.165) is 0 Å². The first-order valence-corrected chi connectivity index (χ1v) is 5.77. The van der Waals surface area contributed by atoms with Crippen LogP contribution in [0.5, 0.6) is 11.5 Å². The van der Waals surface area contributed by atoms with Crippen molar-refractivity contribution in [1.82, 2.24) is 15.2 Å². The molecule has 0 unspecified atom stereocenters. The number of rotatable bonds is 4. The predicted molar refractivity (Wildman–Crippen MR) is 72.4 cm³/mol. The fraction of sp³-hybridized carbons (Fsp3) is 0.250. The van der Waals surface area contributed by atoms with E-state index < -0.39 is 6.03 Å². The first-order chi connectivity index (χ1) is 9.56. The van der Waals surface area contributed by atoms with Crippen molar-refractivity contribution < 1.29 is 14.3 Å². The summed E-state index contributed by atoms with van der Waals surface area (Å²) in [5, 5.41) is 6.59. The summed E-state index contributed by atoms with van der Waals surface area (Å²) >= 11 is 0. The van der Waals surface area contributed by atoms with Crippen LogP contribution in [-0.2, 0) is 0 Å². The zero-order valence-electron chi connectivity index (χ0n) is 11.4. The quantitative estimate of drug-likeness (QED) is 0.877. The Kier molecular flexibility index (Phi) is 3.74. The highest BCUT2D eigenvalue weighted by Crippen LogP contribution is 2.33. The molecule has 8 nitrogen and oxygen atoms in total. The number of aromatic nitrogens is 3. The van der Waals surface area contributed by atoms with E-state index >= 15 is 0 Å². The fourth-order valence-corrected chi connectivity index (χ4v) is 1.74. The molecule has 0 bridgehead atoms. The standard InChI is InChI=1S/C12H15N5O3/c1-7-14-12(16-15-7)17(11(13)18)8-4-5-9(19-2)10(6-8)20-3/h4-6H,1-3H3,(H2,13,18)(H,14,15,16). The van der Waals surface area contributed by atoms with Gasteiger partial charge in [0.1, 0.15) is 5.82 Å². The Hall–Kier alpha value is -2.77. The second kappa shape index (κ2) is 5.47. The lowest BCUT2D eigenvalue weighted by atomic mass is 10.2. The van der Waals surface area contributed by atoms with Crippen LogP contribution in [0.4, 0.5) is 16.4 Å². The monoisotopic (exact) mass is 277 g/mol. The molecule has 20 heavy (non-hydrogen) atoms. The van der Waals surface area contributed by atoms with Crippen LogP contribution in [0.25, 0.3) is 0 Å². The largest absolute Gasteiger partial charge is 0.493 e. The smallest absolute Gasteiger partial charge is 0.326 e. The van der Waals surface area contributed by atoms with Crippen LogP contribution in [0.1, 0.15) is 5.82 Å². The van der Waals surface area contributed by atoms with Crippen molar-refractivity contribution in [3.8, 4) is 11.5 Å². The molecule has 0 radical (unpaired) electrons. The van der Waals surface area contributed by atoms with E-state index in [2.05, 4.69) is 15.2 Å². The van der Waals surface area contributed by atoms with Gasteiger partial charge in [-0.15, -0.1) is 5.10 Å². The SMILES string of the molecule is COc1ccc(N(C(N)=O)c2n[nH]c(C)n2)cc1OC. The zero-order valence-corrected chi connectivity index (χ0v) is 11.4. The number of carbonyl (C=O) groups excluding carboxylic acids is 1. The first kappa shape index (κ1) is 13.7. The number of carbonyl (C=O) groups is 1.